The second-order valence-electron chi connectivity index (χ2n) is 4.11. The molecule has 1 rings (SSSR count). The third-order valence-electron chi connectivity index (χ3n) is 2.58. The van der Waals surface area contributed by atoms with Crippen molar-refractivity contribution in [1.29, 1.82) is 0 Å². The summed E-state index contributed by atoms with van der Waals surface area (Å²) in [6, 6.07) is 6.72. The molecule has 0 aliphatic carbocycles. The van der Waals surface area contributed by atoms with Crippen molar-refractivity contribution in [2.45, 2.75) is 39.7 Å². The first-order valence-electron chi connectivity index (χ1n) is 5.61. The van der Waals surface area contributed by atoms with Crippen LogP contribution in [0.3, 0.4) is 0 Å². The molecular formula is C14H20N2. The van der Waals surface area contributed by atoms with Crippen LogP contribution in [0.5, 0.6) is 0 Å². The molecule has 16 heavy (non-hydrogen) atoms. The molecule has 0 bridgehead atoms. The van der Waals surface area contributed by atoms with Crippen molar-refractivity contribution >= 4 is 0 Å². The smallest absolute Gasteiger partial charge is 0.0469 e. The first-order valence-corrected chi connectivity index (χ1v) is 5.61. The Morgan fingerprint density at radius 1 is 1.25 bits per heavy atom. The minimum Gasteiger partial charge on any atom is -0.271 e. The zero-order valence-electron chi connectivity index (χ0n) is 10.3. The summed E-state index contributed by atoms with van der Waals surface area (Å²) >= 11 is 0. The van der Waals surface area contributed by atoms with Gasteiger partial charge in [0.15, 0.2) is 0 Å². The highest BCUT2D eigenvalue weighted by Crippen LogP contribution is 2.20. The lowest BCUT2D eigenvalue weighted by molar-refractivity contribution is 0.523. The topological polar surface area (TPSA) is 38.0 Å². The van der Waals surface area contributed by atoms with E-state index in [-0.39, 0.29) is 6.04 Å². The van der Waals surface area contributed by atoms with Crippen LogP contribution in [-0.2, 0) is 0 Å². The Hall–Kier alpha value is -1.30. The van der Waals surface area contributed by atoms with Crippen molar-refractivity contribution in [2.75, 3.05) is 0 Å². The number of nitrogens with one attached hydrogen (secondary N) is 1. The van der Waals surface area contributed by atoms with Crippen molar-refractivity contribution in [3.05, 3.63) is 34.9 Å². The van der Waals surface area contributed by atoms with Crippen LogP contribution in [0, 0.1) is 25.7 Å². The predicted octanol–water partition coefficient (Wildman–Crippen LogP) is 2.61. The molecule has 86 valence electrons. The van der Waals surface area contributed by atoms with E-state index >= 15 is 0 Å². The fourth-order valence-electron chi connectivity index (χ4n) is 1.90. The average Bonchev–Trinajstić information content (AvgIpc) is 2.23. The van der Waals surface area contributed by atoms with Crippen LogP contribution in [0.1, 0.15) is 42.5 Å². The van der Waals surface area contributed by atoms with Crippen molar-refractivity contribution in [3.8, 4) is 11.8 Å². The lowest BCUT2D eigenvalue weighted by Gasteiger charge is -2.16. The number of benzene rings is 1. The van der Waals surface area contributed by atoms with Crippen molar-refractivity contribution in [1.82, 2.24) is 5.43 Å². The van der Waals surface area contributed by atoms with Gasteiger partial charge < -0.3 is 0 Å². The molecule has 0 fully saturated rings. The van der Waals surface area contributed by atoms with Crippen molar-refractivity contribution in [2.24, 2.45) is 5.84 Å². The van der Waals surface area contributed by atoms with Crippen LogP contribution in [0.15, 0.2) is 18.2 Å². The third-order valence-corrected chi connectivity index (χ3v) is 2.58. The van der Waals surface area contributed by atoms with Gasteiger partial charge in [0.05, 0.1) is 0 Å². The van der Waals surface area contributed by atoms with Crippen LogP contribution >= 0.6 is 0 Å². The second kappa shape index (κ2) is 6.32. The molecule has 0 saturated carbocycles. The highest BCUT2D eigenvalue weighted by molar-refractivity contribution is 5.30. The van der Waals surface area contributed by atoms with Crippen LogP contribution in [-0.4, -0.2) is 0 Å². The Bertz CT molecular complexity index is 379. The maximum absolute atomic E-state index is 5.59. The van der Waals surface area contributed by atoms with Gasteiger partial charge in [0.25, 0.3) is 0 Å². The van der Waals surface area contributed by atoms with Crippen LogP contribution in [0.2, 0.25) is 0 Å². The molecule has 0 heterocycles. The summed E-state index contributed by atoms with van der Waals surface area (Å²) in [6.07, 6.45) is 1.82. The summed E-state index contributed by atoms with van der Waals surface area (Å²) in [5.41, 5.74) is 6.66. The standard InChI is InChI=1S/C14H20N2/c1-4-5-6-7-14(16-15)13-9-11(2)8-12(3)10-13/h8-10,14,16H,6-7,15H2,1-3H3. The average molecular weight is 216 g/mol. The summed E-state index contributed by atoms with van der Waals surface area (Å²) in [7, 11) is 0. The molecule has 1 aromatic carbocycles. The Labute approximate surface area is 98.2 Å². The summed E-state index contributed by atoms with van der Waals surface area (Å²) in [4.78, 5) is 0. The quantitative estimate of drug-likeness (QED) is 0.461. The maximum Gasteiger partial charge on any atom is 0.0469 e. The zero-order chi connectivity index (χ0) is 12.0. The van der Waals surface area contributed by atoms with Gasteiger partial charge in [-0.3, -0.25) is 11.3 Å². The highest BCUT2D eigenvalue weighted by atomic mass is 15.2. The number of aryl methyl sites for hydroxylation is 2. The molecule has 1 unspecified atom stereocenters. The number of hydrogen-bond acceptors (Lipinski definition) is 2. The van der Waals surface area contributed by atoms with E-state index < -0.39 is 0 Å². The number of hydrogen-bond donors (Lipinski definition) is 2. The largest absolute Gasteiger partial charge is 0.271 e. The molecule has 2 nitrogen and oxygen atoms in total. The number of nitrogens with two attached hydrogens (primary N) is 1. The van der Waals surface area contributed by atoms with Crippen LogP contribution in [0.25, 0.3) is 0 Å². The Morgan fingerprint density at radius 2 is 1.88 bits per heavy atom. The minimum atomic E-state index is 0.194. The van der Waals surface area contributed by atoms with Gasteiger partial charge in [-0.15, -0.1) is 11.8 Å². The van der Waals surface area contributed by atoms with Gasteiger partial charge in [-0.25, -0.2) is 0 Å². The molecule has 1 atom stereocenters. The van der Waals surface area contributed by atoms with E-state index in [0.29, 0.717) is 0 Å². The van der Waals surface area contributed by atoms with Gasteiger partial charge in [0, 0.05) is 12.5 Å². The summed E-state index contributed by atoms with van der Waals surface area (Å²) < 4.78 is 0. The summed E-state index contributed by atoms with van der Waals surface area (Å²) in [5.74, 6) is 11.6. The van der Waals surface area contributed by atoms with E-state index in [1.807, 2.05) is 6.92 Å². The normalized spacial score (nSPS) is 11.8. The van der Waals surface area contributed by atoms with E-state index in [9.17, 15) is 0 Å². The molecule has 3 N–H and O–H groups in total. The van der Waals surface area contributed by atoms with E-state index in [0.717, 1.165) is 12.8 Å². The Kier molecular flexibility index (Phi) is 5.04. The molecule has 0 amide bonds. The van der Waals surface area contributed by atoms with Crippen molar-refractivity contribution < 1.29 is 0 Å². The van der Waals surface area contributed by atoms with E-state index in [2.05, 4.69) is 49.3 Å². The third kappa shape index (κ3) is 3.69. The lowest BCUT2D eigenvalue weighted by Crippen LogP contribution is -2.28. The van der Waals surface area contributed by atoms with Gasteiger partial charge in [-0.1, -0.05) is 29.3 Å². The lowest BCUT2D eigenvalue weighted by atomic mass is 9.98. The molecule has 0 saturated heterocycles. The zero-order valence-corrected chi connectivity index (χ0v) is 10.3. The number of hydrazine groups is 1. The van der Waals surface area contributed by atoms with Crippen molar-refractivity contribution in [3.63, 3.8) is 0 Å². The molecule has 0 aliphatic rings. The molecule has 2 heteroatoms. The maximum atomic E-state index is 5.59. The van der Waals surface area contributed by atoms with Gasteiger partial charge in [-0.2, -0.15) is 0 Å². The SMILES string of the molecule is CC#CCCC(NN)c1cc(C)cc(C)c1. The fraction of sp³-hybridized carbons (Fsp3) is 0.429. The van der Waals surface area contributed by atoms with Gasteiger partial charge in [0.1, 0.15) is 0 Å². The van der Waals surface area contributed by atoms with Gasteiger partial charge >= 0.3 is 0 Å². The highest BCUT2D eigenvalue weighted by Gasteiger charge is 2.09. The second-order valence-corrected chi connectivity index (χ2v) is 4.11. The van der Waals surface area contributed by atoms with Crippen LogP contribution in [0.4, 0.5) is 0 Å². The predicted molar refractivity (Wildman–Crippen MR) is 68.7 cm³/mol. The van der Waals surface area contributed by atoms with Gasteiger partial charge in [-0.05, 0) is 32.8 Å². The molecule has 0 aromatic heterocycles. The Balaban J connectivity index is 2.80. The molecule has 0 radical (unpaired) electrons. The summed E-state index contributed by atoms with van der Waals surface area (Å²) in [6.45, 7) is 6.08. The first-order chi connectivity index (χ1) is 7.67. The first kappa shape index (κ1) is 12.8. The van der Waals surface area contributed by atoms with Crippen LogP contribution < -0.4 is 11.3 Å². The van der Waals surface area contributed by atoms with Gasteiger partial charge in [0.2, 0.25) is 0 Å². The molecule has 0 aliphatic heterocycles. The minimum absolute atomic E-state index is 0.194. The molecule has 1 aromatic rings. The Morgan fingerprint density at radius 3 is 2.38 bits per heavy atom. The fourth-order valence-corrected chi connectivity index (χ4v) is 1.90. The molecule has 0 spiro atoms. The van der Waals surface area contributed by atoms with E-state index in [1.54, 1.807) is 0 Å². The molecular weight excluding hydrogens is 196 g/mol. The van der Waals surface area contributed by atoms with E-state index in [1.165, 1.54) is 16.7 Å². The summed E-state index contributed by atoms with van der Waals surface area (Å²) in [5, 5.41) is 0. The van der Waals surface area contributed by atoms with E-state index in [4.69, 9.17) is 5.84 Å². The monoisotopic (exact) mass is 216 g/mol. The number of rotatable bonds is 4.